The van der Waals surface area contributed by atoms with Gasteiger partial charge in [0.2, 0.25) is 0 Å². The zero-order valence-electron chi connectivity index (χ0n) is 5.25. The summed E-state index contributed by atoms with van der Waals surface area (Å²) in [5, 5.41) is 0.416. The topological polar surface area (TPSA) is 13.1 Å². The maximum atomic E-state index is 5.52. The number of hydrogen-bond acceptors (Lipinski definition) is 2. The second kappa shape index (κ2) is 3.74. The summed E-state index contributed by atoms with van der Waals surface area (Å²) in [5.74, 6) is 1.47. The van der Waals surface area contributed by atoms with Crippen molar-refractivity contribution in [3.05, 3.63) is 29.2 Å². The maximum Gasteiger partial charge on any atom is 0.193 e. The lowest BCUT2D eigenvalue weighted by Crippen LogP contribution is -1.61. The van der Waals surface area contributed by atoms with Crippen molar-refractivity contribution in [1.82, 2.24) is 0 Å². The Morgan fingerprint density at radius 2 is 2.40 bits per heavy atom. The number of thiol groups is 1. The molecule has 1 aromatic rings. The zero-order valence-corrected chi connectivity index (χ0v) is 6.90. The molecule has 0 aliphatic heterocycles. The van der Waals surface area contributed by atoms with Crippen LogP contribution in [0.1, 0.15) is 5.76 Å². The smallest absolute Gasteiger partial charge is 0.193 e. The lowest BCUT2D eigenvalue weighted by Gasteiger charge is -1.80. The quantitative estimate of drug-likeness (QED) is 0.681. The minimum atomic E-state index is 0.416. The third-order valence-corrected chi connectivity index (χ3v) is 1.40. The molecule has 0 amide bonds. The van der Waals surface area contributed by atoms with E-state index in [-0.39, 0.29) is 0 Å². The first-order chi connectivity index (χ1) is 4.83. The van der Waals surface area contributed by atoms with Gasteiger partial charge in [-0.05, 0) is 29.8 Å². The average Bonchev–Trinajstić information content (AvgIpc) is 2.31. The van der Waals surface area contributed by atoms with E-state index < -0.39 is 0 Å². The highest BCUT2D eigenvalue weighted by Crippen LogP contribution is 2.13. The van der Waals surface area contributed by atoms with E-state index >= 15 is 0 Å². The van der Waals surface area contributed by atoms with Gasteiger partial charge in [0.05, 0.1) is 0 Å². The van der Waals surface area contributed by atoms with E-state index in [1.165, 1.54) is 0 Å². The minimum absolute atomic E-state index is 0.416. The van der Waals surface area contributed by atoms with Crippen LogP contribution < -0.4 is 0 Å². The number of hydrogen-bond donors (Lipinski definition) is 1. The molecular weight excluding hydrogens is 168 g/mol. The molecule has 0 bridgehead atoms. The Morgan fingerprint density at radius 3 is 2.90 bits per heavy atom. The van der Waals surface area contributed by atoms with Crippen LogP contribution in [0.15, 0.2) is 22.6 Å². The van der Waals surface area contributed by atoms with E-state index in [4.69, 9.17) is 16.0 Å². The van der Waals surface area contributed by atoms with Gasteiger partial charge in [0.25, 0.3) is 0 Å². The molecule has 1 nitrogen and oxygen atoms in total. The molecule has 1 aromatic heterocycles. The van der Waals surface area contributed by atoms with Crippen molar-refractivity contribution in [3.8, 4) is 0 Å². The van der Waals surface area contributed by atoms with Crippen LogP contribution in [0.2, 0.25) is 5.22 Å². The Kier molecular flexibility index (Phi) is 2.90. The summed E-state index contributed by atoms with van der Waals surface area (Å²) in [6.07, 6.45) is 3.72. The van der Waals surface area contributed by atoms with Crippen LogP contribution in [-0.2, 0) is 0 Å². The normalized spacial score (nSPS) is 11.0. The molecule has 0 fully saturated rings. The maximum absolute atomic E-state index is 5.52. The van der Waals surface area contributed by atoms with Crippen molar-refractivity contribution in [3.63, 3.8) is 0 Å². The summed E-state index contributed by atoms with van der Waals surface area (Å²) < 4.78 is 5.03. The van der Waals surface area contributed by atoms with Crippen LogP contribution in [0.5, 0.6) is 0 Å². The molecule has 0 saturated carbocycles. The summed E-state index contributed by atoms with van der Waals surface area (Å²) in [7, 11) is 0. The molecule has 0 aromatic carbocycles. The molecule has 0 N–H and O–H groups in total. The van der Waals surface area contributed by atoms with Crippen LogP contribution in [0.25, 0.3) is 6.08 Å². The molecule has 0 aliphatic rings. The largest absolute Gasteiger partial charge is 0.445 e. The predicted octanol–water partition coefficient (Wildman–Crippen LogP) is 2.88. The fourth-order valence-electron chi connectivity index (χ4n) is 0.587. The molecule has 0 spiro atoms. The third kappa shape index (κ3) is 2.12. The van der Waals surface area contributed by atoms with Crippen molar-refractivity contribution in [2.45, 2.75) is 0 Å². The zero-order chi connectivity index (χ0) is 7.40. The van der Waals surface area contributed by atoms with Gasteiger partial charge >= 0.3 is 0 Å². The summed E-state index contributed by atoms with van der Waals surface area (Å²) in [6.45, 7) is 0. The van der Waals surface area contributed by atoms with E-state index in [2.05, 4.69) is 12.6 Å². The Labute approximate surface area is 70.1 Å². The van der Waals surface area contributed by atoms with Crippen molar-refractivity contribution in [2.75, 3.05) is 5.75 Å². The van der Waals surface area contributed by atoms with Crippen molar-refractivity contribution in [2.24, 2.45) is 0 Å². The molecule has 0 aliphatic carbocycles. The molecule has 0 unspecified atom stereocenters. The Morgan fingerprint density at radius 1 is 1.60 bits per heavy atom. The van der Waals surface area contributed by atoms with Gasteiger partial charge in [-0.25, -0.2) is 0 Å². The predicted molar refractivity (Wildman–Crippen MR) is 46.6 cm³/mol. The third-order valence-electron chi connectivity index (χ3n) is 0.982. The van der Waals surface area contributed by atoms with Crippen LogP contribution >= 0.6 is 24.2 Å². The Balaban J connectivity index is 2.67. The van der Waals surface area contributed by atoms with Crippen molar-refractivity contribution < 1.29 is 4.42 Å². The number of rotatable bonds is 2. The standard InChI is InChI=1S/C7H7ClOS/c8-7-4-3-6(9-7)2-1-5-10/h1-4,10H,5H2. The highest BCUT2D eigenvalue weighted by Gasteiger charge is 1.92. The molecule has 54 valence electrons. The van der Waals surface area contributed by atoms with Crippen molar-refractivity contribution >= 4 is 30.3 Å². The lowest BCUT2D eigenvalue weighted by molar-refractivity contribution is 0.559. The number of halogens is 1. The first-order valence-electron chi connectivity index (χ1n) is 2.85. The summed E-state index contributed by atoms with van der Waals surface area (Å²) in [6, 6.07) is 3.52. The fraction of sp³-hybridized carbons (Fsp3) is 0.143. The molecule has 0 radical (unpaired) electrons. The first kappa shape index (κ1) is 7.76. The summed E-state index contributed by atoms with van der Waals surface area (Å²) in [5.41, 5.74) is 0. The second-order valence-electron chi connectivity index (χ2n) is 1.73. The molecule has 1 rings (SSSR count). The monoisotopic (exact) mass is 174 g/mol. The van der Waals surface area contributed by atoms with E-state index in [1.54, 1.807) is 6.07 Å². The van der Waals surface area contributed by atoms with E-state index in [0.717, 1.165) is 5.76 Å². The molecule has 1 heterocycles. The SMILES string of the molecule is SCC=Cc1ccc(Cl)o1. The van der Waals surface area contributed by atoms with Gasteiger partial charge in [-0.15, -0.1) is 0 Å². The summed E-state index contributed by atoms with van der Waals surface area (Å²) in [4.78, 5) is 0. The minimum Gasteiger partial charge on any atom is -0.445 e. The second-order valence-corrected chi connectivity index (χ2v) is 2.46. The lowest BCUT2D eigenvalue weighted by atomic mass is 10.4. The van der Waals surface area contributed by atoms with E-state index in [0.29, 0.717) is 11.0 Å². The van der Waals surface area contributed by atoms with Crippen LogP contribution in [0, 0.1) is 0 Å². The van der Waals surface area contributed by atoms with Gasteiger partial charge in [0, 0.05) is 5.75 Å². The van der Waals surface area contributed by atoms with E-state index in [9.17, 15) is 0 Å². The first-order valence-corrected chi connectivity index (χ1v) is 3.86. The molecular formula is C7H7ClOS. The van der Waals surface area contributed by atoms with Gasteiger partial charge < -0.3 is 4.42 Å². The molecule has 3 heteroatoms. The van der Waals surface area contributed by atoms with Crippen LogP contribution in [-0.4, -0.2) is 5.75 Å². The van der Waals surface area contributed by atoms with Crippen LogP contribution in [0.4, 0.5) is 0 Å². The highest BCUT2D eigenvalue weighted by molar-refractivity contribution is 7.80. The molecule has 10 heavy (non-hydrogen) atoms. The van der Waals surface area contributed by atoms with Gasteiger partial charge in [-0.3, -0.25) is 0 Å². The molecule has 0 atom stereocenters. The van der Waals surface area contributed by atoms with Gasteiger partial charge in [-0.1, -0.05) is 6.08 Å². The number of furan rings is 1. The van der Waals surface area contributed by atoms with Gasteiger partial charge in [0.15, 0.2) is 5.22 Å². The Bertz CT molecular complexity index is 229. The Hall–Kier alpha value is -0.340. The fourth-order valence-corrected chi connectivity index (χ4v) is 0.844. The van der Waals surface area contributed by atoms with Gasteiger partial charge in [0.1, 0.15) is 5.76 Å². The van der Waals surface area contributed by atoms with E-state index in [1.807, 2.05) is 18.2 Å². The van der Waals surface area contributed by atoms with Crippen LogP contribution in [0.3, 0.4) is 0 Å². The van der Waals surface area contributed by atoms with Crippen molar-refractivity contribution in [1.29, 1.82) is 0 Å². The average molecular weight is 175 g/mol. The molecule has 0 saturated heterocycles. The highest BCUT2D eigenvalue weighted by atomic mass is 35.5. The summed E-state index contributed by atoms with van der Waals surface area (Å²) >= 11 is 9.52. The van der Waals surface area contributed by atoms with Gasteiger partial charge in [-0.2, -0.15) is 12.6 Å².